The number of hydrogen-bond donors (Lipinski definition) is 0. The zero-order valence-corrected chi connectivity index (χ0v) is 13.2. The summed E-state index contributed by atoms with van der Waals surface area (Å²) in [5.41, 5.74) is 3.23. The number of hydrogen-bond acceptors (Lipinski definition) is 2. The van der Waals surface area contributed by atoms with Gasteiger partial charge in [-0.1, -0.05) is 38.0 Å². The van der Waals surface area contributed by atoms with Crippen LogP contribution in [0.25, 0.3) is 6.08 Å². The Labute approximate surface area is 123 Å². The summed E-state index contributed by atoms with van der Waals surface area (Å²) in [5.74, 6) is 1.71. The van der Waals surface area contributed by atoms with Crippen LogP contribution >= 0.6 is 0 Å². The molecule has 0 bridgehead atoms. The molecule has 0 unspecified atom stereocenters. The second kappa shape index (κ2) is 8.47. The van der Waals surface area contributed by atoms with Gasteiger partial charge in [-0.15, -0.1) is 0 Å². The maximum absolute atomic E-state index is 5.51. The van der Waals surface area contributed by atoms with E-state index in [4.69, 9.17) is 9.47 Å². The van der Waals surface area contributed by atoms with Gasteiger partial charge in [0.15, 0.2) is 0 Å². The molecule has 0 aliphatic heterocycles. The van der Waals surface area contributed by atoms with Crippen LogP contribution in [0.4, 0.5) is 0 Å². The smallest absolute Gasteiger partial charge is 0.130 e. The molecule has 0 aliphatic carbocycles. The van der Waals surface area contributed by atoms with Crippen molar-refractivity contribution in [1.29, 1.82) is 0 Å². The lowest BCUT2D eigenvalue weighted by Crippen LogP contribution is -1.96. The Kier molecular flexibility index (Phi) is 6.92. The summed E-state index contributed by atoms with van der Waals surface area (Å²) in [6.07, 6.45) is 8.71. The number of ether oxygens (including phenoxy) is 2. The van der Waals surface area contributed by atoms with Crippen LogP contribution in [0.3, 0.4) is 0 Å². The fourth-order valence-corrected chi connectivity index (χ4v) is 2.11. The Morgan fingerprint density at radius 3 is 2.20 bits per heavy atom. The number of rotatable bonds is 8. The third-order valence-corrected chi connectivity index (χ3v) is 3.21. The molecule has 0 aromatic heterocycles. The molecular weight excluding hydrogens is 248 g/mol. The Morgan fingerprint density at radius 2 is 1.75 bits per heavy atom. The molecule has 0 heterocycles. The normalized spacial score (nSPS) is 10.8. The third kappa shape index (κ3) is 4.76. The van der Waals surface area contributed by atoms with Crippen molar-refractivity contribution in [3.8, 4) is 11.5 Å². The summed E-state index contributed by atoms with van der Waals surface area (Å²) in [6, 6.07) is 4.21. The van der Waals surface area contributed by atoms with Crippen LogP contribution in [0.1, 0.15) is 44.2 Å². The van der Waals surface area contributed by atoms with Gasteiger partial charge in [0.25, 0.3) is 0 Å². The SMILES string of the molecule is C=C(C)/C=C/c1c(OC)cc(CCCCC)cc1OC. The Morgan fingerprint density at radius 1 is 1.15 bits per heavy atom. The second-order valence-corrected chi connectivity index (χ2v) is 5.05. The maximum Gasteiger partial charge on any atom is 0.130 e. The molecule has 1 aromatic carbocycles. The van der Waals surface area contributed by atoms with Gasteiger partial charge in [0.1, 0.15) is 11.5 Å². The van der Waals surface area contributed by atoms with Gasteiger partial charge in [0.05, 0.1) is 19.8 Å². The minimum absolute atomic E-state index is 0.855. The predicted molar refractivity (Wildman–Crippen MR) is 86.6 cm³/mol. The van der Waals surface area contributed by atoms with Crippen molar-refractivity contribution in [3.05, 3.63) is 41.5 Å². The maximum atomic E-state index is 5.51. The predicted octanol–water partition coefficient (Wildman–Crippen LogP) is 5.03. The summed E-state index contributed by atoms with van der Waals surface area (Å²) >= 11 is 0. The van der Waals surface area contributed by atoms with Crippen molar-refractivity contribution in [3.63, 3.8) is 0 Å². The largest absolute Gasteiger partial charge is 0.496 e. The molecule has 0 atom stereocenters. The highest BCUT2D eigenvalue weighted by Crippen LogP contribution is 2.32. The van der Waals surface area contributed by atoms with Crippen LogP contribution in [-0.2, 0) is 6.42 Å². The van der Waals surface area contributed by atoms with Gasteiger partial charge in [0, 0.05) is 0 Å². The molecule has 110 valence electrons. The van der Waals surface area contributed by atoms with E-state index in [0.29, 0.717) is 0 Å². The Bertz CT molecular complexity index is 447. The van der Waals surface area contributed by atoms with Crippen molar-refractivity contribution >= 4 is 6.08 Å². The summed E-state index contributed by atoms with van der Waals surface area (Å²) < 4.78 is 11.0. The van der Waals surface area contributed by atoms with Crippen molar-refractivity contribution < 1.29 is 9.47 Å². The van der Waals surface area contributed by atoms with Gasteiger partial charge < -0.3 is 9.47 Å². The summed E-state index contributed by atoms with van der Waals surface area (Å²) in [5, 5.41) is 0. The van der Waals surface area contributed by atoms with Crippen LogP contribution < -0.4 is 9.47 Å². The molecule has 20 heavy (non-hydrogen) atoms. The van der Waals surface area contributed by atoms with Crippen molar-refractivity contribution in [2.75, 3.05) is 14.2 Å². The topological polar surface area (TPSA) is 18.5 Å². The van der Waals surface area contributed by atoms with E-state index in [0.717, 1.165) is 29.1 Å². The molecule has 0 radical (unpaired) electrons. The molecule has 0 amide bonds. The van der Waals surface area contributed by atoms with Gasteiger partial charge in [-0.05, 0) is 43.5 Å². The lowest BCUT2D eigenvalue weighted by Gasteiger charge is -2.13. The lowest BCUT2D eigenvalue weighted by atomic mass is 10.0. The quantitative estimate of drug-likeness (QED) is 0.489. The van der Waals surface area contributed by atoms with Gasteiger partial charge in [0.2, 0.25) is 0 Å². The highest BCUT2D eigenvalue weighted by molar-refractivity contribution is 5.66. The van der Waals surface area contributed by atoms with E-state index < -0.39 is 0 Å². The number of unbranched alkanes of at least 4 members (excludes halogenated alkanes) is 2. The van der Waals surface area contributed by atoms with Gasteiger partial charge >= 0.3 is 0 Å². The molecule has 1 aromatic rings. The zero-order valence-electron chi connectivity index (χ0n) is 13.2. The minimum Gasteiger partial charge on any atom is -0.496 e. The van der Waals surface area contributed by atoms with Gasteiger partial charge in [-0.2, -0.15) is 0 Å². The highest BCUT2D eigenvalue weighted by atomic mass is 16.5. The van der Waals surface area contributed by atoms with E-state index in [1.807, 2.05) is 19.1 Å². The van der Waals surface area contributed by atoms with Crippen LogP contribution in [0.15, 0.2) is 30.4 Å². The zero-order chi connectivity index (χ0) is 15.0. The molecule has 0 saturated heterocycles. The van der Waals surface area contributed by atoms with E-state index in [-0.39, 0.29) is 0 Å². The summed E-state index contributed by atoms with van der Waals surface area (Å²) in [7, 11) is 3.39. The Hall–Kier alpha value is -1.70. The monoisotopic (exact) mass is 274 g/mol. The van der Waals surface area contributed by atoms with Crippen molar-refractivity contribution in [2.24, 2.45) is 0 Å². The molecule has 0 N–H and O–H groups in total. The molecular formula is C18H26O2. The van der Waals surface area contributed by atoms with E-state index in [9.17, 15) is 0 Å². The van der Waals surface area contributed by atoms with Crippen LogP contribution in [-0.4, -0.2) is 14.2 Å². The first-order valence-corrected chi connectivity index (χ1v) is 7.20. The first kappa shape index (κ1) is 16.4. The van der Waals surface area contributed by atoms with Crippen LogP contribution in [0, 0.1) is 0 Å². The molecule has 0 spiro atoms. The number of aryl methyl sites for hydroxylation is 1. The fourth-order valence-electron chi connectivity index (χ4n) is 2.11. The molecule has 0 fully saturated rings. The van der Waals surface area contributed by atoms with E-state index >= 15 is 0 Å². The van der Waals surface area contributed by atoms with E-state index in [2.05, 4.69) is 25.6 Å². The molecule has 1 rings (SSSR count). The van der Waals surface area contributed by atoms with Gasteiger partial charge in [-0.25, -0.2) is 0 Å². The molecule has 0 saturated carbocycles. The van der Waals surface area contributed by atoms with E-state index in [1.165, 1.54) is 24.8 Å². The number of allylic oxidation sites excluding steroid dienone is 2. The van der Waals surface area contributed by atoms with Crippen molar-refractivity contribution in [2.45, 2.75) is 39.5 Å². The van der Waals surface area contributed by atoms with Crippen LogP contribution in [0.5, 0.6) is 11.5 Å². The van der Waals surface area contributed by atoms with Gasteiger partial charge in [-0.3, -0.25) is 0 Å². The first-order chi connectivity index (χ1) is 9.62. The summed E-state index contributed by atoms with van der Waals surface area (Å²) in [4.78, 5) is 0. The minimum atomic E-state index is 0.855. The molecule has 2 heteroatoms. The average Bonchev–Trinajstić information content (AvgIpc) is 2.44. The number of methoxy groups -OCH3 is 2. The van der Waals surface area contributed by atoms with E-state index in [1.54, 1.807) is 14.2 Å². The summed E-state index contributed by atoms with van der Waals surface area (Å²) in [6.45, 7) is 8.06. The first-order valence-electron chi connectivity index (χ1n) is 7.20. The molecule has 2 nitrogen and oxygen atoms in total. The molecule has 0 aliphatic rings. The lowest BCUT2D eigenvalue weighted by molar-refractivity contribution is 0.391. The average molecular weight is 274 g/mol. The fraction of sp³-hybridized carbons (Fsp3) is 0.444. The van der Waals surface area contributed by atoms with Crippen molar-refractivity contribution in [1.82, 2.24) is 0 Å². The van der Waals surface area contributed by atoms with Crippen LogP contribution in [0.2, 0.25) is 0 Å². The second-order valence-electron chi connectivity index (χ2n) is 5.05. The Balaban J connectivity index is 3.07. The highest BCUT2D eigenvalue weighted by Gasteiger charge is 2.10. The third-order valence-electron chi connectivity index (χ3n) is 3.21. The standard InChI is InChI=1S/C18H26O2/c1-6-7-8-9-15-12-17(19-4)16(11-10-14(2)3)18(13-15)20-5/h10-13H,2,6-9H2,1,3-5H3/b11-10+. The number of benzene rings is 1.